The van der Waals surface area contributed by atoms with Crippen molar-refractivity contribution in [2.24, 2.45) is 5.92 Å². The van der Waals surface area contributed by atoms with Crippen LogP contribution in [0.2, 0.25) is 0 Å². The lowest BCUT2D eigenvalue weighted by Crippen LogP contribution is -2.27. The lowest BCUT2D eigenvalue weighted by Gasteiger charge is -2.27. The first-order chi connectivity index (χ1) is 17.6. The van der Waals surface area contributed by atoms with Gasteiger partial charge in [0.1, 0.15) is 0 Å². The molecule has 0 fully saturated rings. The summed E-state index contributed by atoms with van der Waals surface area (Å²) in [6.45, 7) is 13.1. The smallest absolute Gasteiger partial charge is 0.181 e. The molecule has 1 heterocycles. The van der Waals surface area contributed by atoms with Crippen molar-refractivity contribution in [3.05, 3.63) is 79.8 Å². The van der Waals surface area contributed by atoms with E-state index in [0.717, 1.165) is 57.4 Å². The Balaban J connectivity index is 1.58. The van der Waals surface area contributed by atoms with Crippen LogP contribution in [0, 0.1) is 17.4 Å². The number of rotatable bonds is 17. The van der Waals surface area contributed by atoms with E-state index < -0.39 is 0 Å². The second-order valence-corrected chi connectivity index (χ2v) is 9.66. The number of aromatic amines is 1. The summed E-state index contributed by atoms with van der Waals surface area (Å²) in [6.07, 6.45) is 13.5. The number of benzene rings is 2. The molecule has 0 amide bonds. The van der Waals surface area contributed by atoms with Crippen molar-refractivity contribution >= 4 is 16.6 Å². The minimum absolute atomic E-state index is 0.658. The molecule has 0 spiro atoms. The van der Waals surface area contributed by atoms with Gasteiger partial charge in [0.15, 0.2) is 6.19 Å². The third-order valence-electron chi connectivity index (χ3n) is 6.83. The highest BCUT2D eigenvalue weighted by Gasteiger charge is 2.10. The number of nitrogens with one attached hydrogen (secondary N) is 3. The fraction of sp³-hybridized carbons (Fsp3) is 0.387. The summed E-state index contributed by atoms with van der Waals surface area (Å²) in [4.78, 5) is 5.86. The van der Waals surface area contributed by atoms with Crippen LogP contribution in [0.3, 0.4) is 0 Å². The Kier molecular flexibility index (Phi) is 11.0. The predicted octanol–water partition coefficient (Wildman–Crippen LogP) is 7.33. The van der Waals surface area contributed by atoms with Crippen LogP contribution in [0.1, 0.15) is 51.9 Å². The van der Waals surface area contributed by atoms with Gasteiger partial charge in [-0.1, -0.05) is 57.2 Å². The summed E-state index contributed by atoms with van der Waals surface area (Å²) < 4.78 is 0. The van der Waals surface area contributed by atoms with Crippen LogP contribution in [0.25, 0.3) is 22.0 Å². The zero-order valence-corrected chi connectivity index (χ0v) is 21.7. The van der Waals surface area contributed by atoms with Crippen LogP contribution in [-0.2, 0) is 0 Å². The van der Waals surface area contributed by atoms with Crippen molar-refractivity contribution in [2.45, 2.75) is 51.9 Å². The zero-order valence-electron chi connectivity index (χ0n) is 21.7. The molecule has 1 aromatic heterocycles. The van der Waals surface area contributed by atoms with Crippen LogP contribution < -0.4 is 15.5 Å². The number of fused-ring (bicyclic) bond motifs is 1. The van der Waals surface area contributed by atoms with E-state index in [-0.39, 0.29) is 0 Å². The van der Waals surface area contributed by atoms with Crippen molar-refractivity contribution in [2.75, 3.05) is 24.5 Å². The molecule has 3 aromatic rings. The quantitative estimate of drug-likeness (QED) is 0.107. The lowest BCUT2D eigenvalue weighted by molar-refractivity contribution is 0.480. The zero-order chi connectivity index (χ0) is 25.6. The molecule has 36 heavy (non-hydrogen) atoms. The number of anilines is 1. The first kappa shape index (κ1) is 26.9. The lowest BCUT2D eigenvalue weighted by atomic mass is 10.0. The van der Waals surface area contributed by atoms with Crippen LogP contribution in [0.5, 0.6) is 0 Å². The Morgan fingerprint density at radius 2 is 1.81 bits per heavy atom. The van der Waals surface area contributed by atoms with E-state index in [1.54, 1.807) is 6.20 Å². The van der Waals surface area contributed by atoms with Crippen molar-refractivity contribution < 1.29 is 0 Å². The molecule has 0 bridgehead atoms. The van der Waals surface area contributed by atoms with Crippen LogP contribution in [0.4, 0.5) is 5.69 Å². The van der Waals surface area contributed by atoms with Crippen molar-refractivity contribution in [1.29, 1.82) is 5.26 Å². The number of H-pyrrole nitrogens is 1. The molecule has 0 saturated heterocycles. The van der Waals surface area contributed by atoms with E-state index in [4.69, 9.17) is 5.26 Å². The maximum absolute atomic E-state index is 8.67. The van der Waals surface area contributed by atoms with Crippen molar-refractivity contribution in [1.82, 2.24) is 15.6 Å². The molecular weight excluding hydrogens is 442 g/mol. The molecule has 0 aliphatic heterocycles. The number of nitrogens with zero attached hydrogens (tertiary/aromatic N) is 2. The van der Waals surface area contributed by atoms with Gasteiger partial charge in [-0.2, -0.15) is 5.26 Å². The molecule has 0 aliphatic carbocycles. The van der Waals surface area contributed by atoms with E-state index in [2.05, 4.69) is 89.1 Å². The molecule has 0 saturated carbocycles. The number of aromatic nitrogens is 1. The van der Waals surface area contributed by atoms with E-state index in [9.17, 15) is 0 Å². The highest BCUT2D eigenvalue weighted by molar-refractivity contribution is 5.85. The highest BCUT2D eigenvalue weighted by Crippen LogP contribution is 2.27. The van der Waals surface area contributed by atoms with Crippen LogP contribution in [0.15, 0.2) is 79.8 Å². The van der Waals surface area contributed by atoms with E-state index in [0.29, 0.717) is 5.92 Å². The first-order valence-corrected chi connectivity index (χ1v) is 13.2. The molecule has 0 radical (unpaired) electrons. The van der Waals surface area contributed by atoms with Gasteiger partial charge >= 0.3 is 0 Å². The van der Waals surface area contributed by atoms with Gasteiger partial charge in [-0.15, -0.1) is 0 Å². The topological polar surface area (TPSA) is 66.9 Å². The summed E-state index contributed by atoms with van der Waals surface area (Å²) in [6, 6.07) is 17.7. The molecule has 5 heteroatoms. The van der Waals surface area contributed by atoms with Gasteiger partial charge < -0.3 is 15.2 Å². The highest BCUT2D eigenvalue weighted by atomic mass is 15.1. The average molecular weight is 484 g/mol. The first-order valence-electron chi connectivity index (χ1n) is 13.2. The van der Waals surface area contributed by atoms with E-state index in [1.807, 2.05) is 12.4 Å². The Hall–Kier alpha value is -3.65. The van der Waals surface area contributed by atoms with Crippen molar-refractivity contribution in [3.8, 4) is 17.3 Å². The summed E-state index contributed by atoms with van der Waals surface area (Å²) in [5.74, 6) is 0.658. The van der Waals surface area contributed by atoms with Crippen LogP contribution >= 0.6 is 0 Å². The van der Waals surface area contributed by atoms with Gasteiger partial charge in [-0.05, 0) is 85.0 Å². The molecule has 1 unspecified atom stereocenters. The van der Waals surface area contributed by atoms with Gasteiger partial charge in [-0.25, -0.2) is 0 Å². The summed E-state index contributed by atoms with van der Waals surface area (Å²) in [5, 5.41) is 15.8. The Bertz CT molecular complexity index is 1120. The Labute approximate surface area is 216 Å². The minimum atomic E-state index is 0.658. The number of allylic oxidation sites excluding steroid dienone is 1. The molecule has 5 nitrogen and oxygen atoms in total. The number of hydrogen-bond acceptors (Lipinski definition) is 4. The normalized spacial score (nSPS) is 11.6. The largest absolute Gasteiger partial charge is 0.391 e. The number of nitriles is 1. The number of hydrogen-bond donors (Lipinski definition) is 3. The molecule has 2 aromatic carbocycles. The standard InChI is InChI=1S/C31H41N5/c1-4-33-19-16-25(2)18-22-36(21-8-6-5-7-9-26(3)35-24-32)30-14-12-27(13-15-30)29-11-10-28-17-20-34-31(28)23-29/h4,10-15,17,20,23,25,33-35H,1,3,5-9,16,18-19,21-22H2,2H3. The van der Waals surface area contributed by atoms with Crippen molar-refractivity contribution in [3.63, 3.8) is 0 Å². The number of unbranched alkanes of at least 4 members (excludes halogenated alkanes) is 3. The summed E-state index contributed by atoms with van der Waals surface area (Å²) in [7, 11) is 0. The predicted molar refractivity (Wildman–Crippen MR) is 154 cm³/mol. The maximum Gasteiger partial charge on any atom is 0.181 e. The van der Waals surface area contributed by atoms with Gasteiger partial charge in [0, 0.05) is 42.7 Å². The van der Waals surface area contributed by atoms with Gasteiger partial charge in [0.25, 0.3) is 0 Å². The van der Waals surface area contributed by atoms with Crippen LogP contribution in [-0.4, -0.2) is 24.6 Å². The van der Waals surface area contributed by atoms with Gasteiger partial charge in [0.2, 0.25) is 0 Å². The molecule has 1 atom stereocenters. The fourth-order valence-corrected chi connectivity index (χ4v) is 4.55. The molecule has 3 N–H and O–H groups in total. The molecular formula is C31H41N5. The third kappa shape index (κ3) is 8.53. The summed E-state index contributed by atoms with van der Waals surface area (Å²) >= 11 is 0. The molecule has 0 aliphatic rings. The van der Waals surface area contributed by atoms with Gasteiger partial charge in [-0.3, -0.25) is 5.32 Å². The fourth-order valence-electron chi connectivity index (χ4n) is 4.55. The molecule has 3 rings (SSSR count). The second-order valence-electron chi connectivity index (χ2n) is 9.66. The average Bonchev–Trinajstić information content (AvgIpc) is 3.36. The maximum atomic E-state index is 8.67. The second kappa shape index (κ2) is 14.7. The van der Waals surface area contributed by atoms with E-state index >= 15 is 0 Å². The SMILES string of the molecule is C=CNCCC(C)CCN(CCCCCCC(=C)NC#N)c1ccc(-c2ccc3cc[nH]c3c2)cc1. The molecule has 190 valence electrons. The minimum Gasteiger partial charge on any atom is -0.391 e. The van der Waals surface area contributed by atoms with E-state index in [1.165, 1.54) is 40.6 Å². The summed E-state index contributed by atoms with van der Waals surface area (Å²) in [5.41, 5.74) is 5.76. The monoisotopic (exact) mass is 483 g/mol. The Morgan fingerprint density at radius 3 is 2.58 bits per heavy atom. The van der Waals surface area contributed by atoms with Gasteiger partial charge in [0.05, 0.1) is 0 Å². The third-order valence-corrected chi connectivity index (χ3v) is 6.83. The Morgan fingerprint density at radius 1 is 1.03 bits per heavy atom.